The number of rotatable bonds is 14. The molecule has 0 bridgehead atoms. The van der Waals surface area contributed by atoms with Crippen molar-refractivity contribution in [3.63, 3.8) is 0 Å². The molecule has 4 heterocycles. The van der Waals surface area contributed by atoms with Gasteiger partial charge in [-0.3, -0.25) is 14.2 Å². The molecular formula is C44H49Cl2N13O3S. The first-order chi connectivity index (χ1) is 29.5. The van der Waals surface area contributed by atoms with E-state index >= 15 is 0 Å². The third-order valence-corrected chi connectivity index (χ3v) is 10.2. The molecule has 2 saturated carbocycles. The molecule has 0 radical (unpaired) electrons. The summed E-state index contributed by atoms with van der Waals surface area (Å²) in [4.78, 5) is 40.8. The number of nitriles is 2. The van der Waals surface area contributed by atoms with E-state index in [0.29, 0.717) is 63.0 Å². The molecule has 16 nitrogen and oxygen atoms in total. The number of anilines is 4. The van der Waals surface area contributed by atoms with E-state index in [9.17, 15) is 9.59 Å². The van der Waals surface area contributed by atoms with Gasteiger partial charge in [0.25, 0.3) is 0 Å². The van der Waals surface area contributed by atoms with Crippen LogP contribution in [0.15, 0.2) is 85.7 Å². The number of aromatic carboxylic acids is 1. The molecule has 6 aromatic rings. The molecule has 2 fully saturated rings. The molecule has 0 unspecified atom stereocenters. The van der Waals surface area contributed by atoms with Crippen LogP contribution < -0.4 is 16.4 Å². The summed E-state index contributed by atoms with van der Waals surface area (Å²) in [6.07, 6.45) is 16.7. The largest absolute Gasteiger partial charge is 0.478 e. The molecule has 2 aliphatic carbocycles. The third kappa shape index (κ3) is 13.8. The standard InChI is InChI=1S/C22H21ClN6O.C17H14ClN5O2.C4H8N2.CH4.H2S/c1-2-14(10-24)9-20(30)15-3-5-16(6-4-15)21-19(23)12-25-22(28-21)27-17-11-26-29(13-17)18-7-8-18;18-14-8-19-17(21-12-7-20-23(9-12)13-5-6-13)22-15(14)10-1-3-11(4-2-10)16(24)25;1-2-4(6)3-5;;/h3-6,11-14,18H,2,7-9H2,1H3,(H,25,27,28);1-4,7-9,13H,5-6H2,(H,24,25)(H,19,21,22);4H,2,6H2,1H3;1H4;1H2/t14-;;4-;;/m1.0../s1. The Hall–Kier alpha value is -6.37. The Morgan fingerprint density at radius 1 is 0.762 bits per heavy atom. The van der Waals surface area contributed by atoms with E-state index in [1.54, 1.807) is 42.9 Å². The highest BCUT2D eigenvalue weighted by Gasteiger charge is 2.25. The molecule has 8 rings (SSSR count). The first kappa shape index (κ1) is 49.3. The van der Waals surface area contributed by atoms with Gasteiger partial charge in [-0.05, 0) is 50.7 Å². The van der Waals surface area contributed by atoms with Gasteiger partial charge in [-0.1, -0.05) is 80.9 Å². The highest BCUT2D eigenvalue weighted by molar-refractivity contribution is 7.59. The van der Waals surface area contributed by atoms with E-state index in [1.807, 2.05) is 53.8 Å². The van der Waals surface area contributed by atoms with E-state index in [-0.39, 0.29) is 50.6 Å². The minimum atomic E-state index is -0.977. The second-order valence-corrected chi connectivity index (χ2v) is 15.2. The summed E-state index contributed by atoms with van der Waals surface area (Å²) < 4.78 is 3.88. The second kappa shape index (κ2) is 23.2. The molecule has 63 heavy (non-hydrogen) atoms. The summed E-state index contributed by atoms with van der Waals surface area (Å²) in [6, 6.07) is 18.3. The van der Waals surface area contributed by atoms with Crippen LogP contribution in [0.25, 0.3) is 22.5 Å². The van der Waals surface area contributed by atoms with Gasteiger partial charge in [0, 0.05) is 35.5 Å². The van der Waals surface area contributed by atoms with Gasteiger partial charge in [-0.15, -0.1) is 0 Å². The number of halogens is 2. The van der Waals surface area contributed by atoms with Crippen LogP contribution in [0.4, 0.5) is 23.3 Å². The van der Waals surface area contributed by atoms with Crippen molar-refractivity contribution in [1.29, 1.82) is 10.5 Å². The first-order valence-corrected chi connectivity index (χ1v) is 20.4. The fourth-order valence-electron chi connectivity index (χ4n) is 5.70. The lowest BCUT2D eigenvalue weighted by Crippen LogP contribution is -2.14. The Morgan fingerprint density at radius 3 is 1.56 bits per heavy atom. The number of hydrogen-bond donors (Lipinski definition) is 4. The zero-order chi connectivity index (χ0) is 43.5. The van der Waals surface area contributed by atoms with Crippen LogP contribution in [0.5, 0.6) is 0 Å². The summed E-state index contributed by atoms with van der Waals surface area (Å²) in [7, 11) is 0. The summed E-state index contributed by atoms with van der Waals surface area (Å²) >= 11 is 12.5. The maximum Gasteiger partial charge on any atom is 0.335 e. The van der Waals surface area contributed by atoms with Gasteiger partial charge in [-0.2, -0.15) is 34.2 Å². The molecule has 0 saturated heterocycles. The number of carbonyl (C=O) groups excluding carboxylic acids is 1. The van der Waals surface area contributed by atoms with E-state index in [1.165, 1.54) is 18.3 Å². The maximum absolute atomic E-state index is 12.4. The van der Waals surface area contributed by atoms with Crippen LogP contribution in [-0.2, 0) is 0 Å². The second-order valence-electron chi connectivity index (χ2n) is 14.4. The summed E-state index contributed by atoms with van der Waals surface area (Å²) in [6.45, 7) is 3.79. The Morgan fingerprint density at radius 2 is 1.21 bits per heavy atom. The van der Waals surface area contributed by atoms with Gasteiger partial charge >= 0.3 is 5.97 Å². The van der Waals surface area contributed by atoms with Crippen LogP contribution in [0, 0.1) is 28.6 Å². The summed E-state index contributed by atoms with van der Waals surface area (Å²) in [5, 5.41) is 41.8. The highest BCUT2D eigenvalue weighted by Crippen LogP contribution is 2.36. The number of ketones is 1. The Kier molecular flexibility index (Phi) is 18.1. The van der Waals surface area contributed by atoms with Gasteiger partial charge in [0.05, 0.1) is 99.3 Å². The van der Waals surface area contributed by atoms with Crippen molar-refractivity contribution in [2.24, 2.45) is 11.7 Å². The molecule has 19 heteroatoms. The van der Waals surface area contributed by atoms with Crippen molar-refractivity contribution in [3.05, 3.63) is 107 Å². The van der Waals surface area contributed by atoms with Gasteiger partial charge in [0.15, 0.2) is 5.78 Å². The van der Waals surface area contributed by atoms with E-state index in [4.69, 9.17) is 44.6 Å². The number of carboxylic acids is 1. The average Bonchev–Trinajstić information content (AvgIpc) is 4.23. The lowest BCUT2D eigenvalue weighted by molar-refractivity contribution is 0.0696. The van der Waals surface area contributed by atoms with Crippen molar-refractivity contribution in [1.82, 2.24) is 39.5 Å². The Balaban J connectivity index is 0.000000241. The number of benzene rings is 2. The Labute approximate surface area is 383 Å². The molecule has 4 aromatic heterocycles. The topological polar surface area (TPSA) is 239 Å². The molecule has 0 aliphatic heterocycles. The van der Waals surface area contributed by atoms with E-state index in [0.717, 1.165) is 49.0 Å². The van der Waals surface area contributed by atoms with Crippen molar-refractivity contribution >= 4 is 71.7 Å². The number of Topliss-reactive ketones (excluding diaryl/α,β-unsaturated/α-hetero) is 1. The number of carbonyl (C=O) groups is 2. The van der Waals surface area contributed by atoms with Gasteiger partial charge in [0.2, 0.25) is 11.9 Å². The minimum Gasteiger partial charge on any atom is -0.478 e. The Bertz CT molecular complexity index is 2550. The molecule has 2 aliphatic rings. The minimum absolute atomic E-state index is 0. The molecule has 328 valence electrons. The normalized spacial score (nSPS) is 13.4. The van der Waals surface area contributed by atoms with Crippen LogP contribution in [0.3, 0.4) is 0 Å². The van der Waals surface area contributed by atoms with E-state index in [2.05, 4.69) is 46.8 Å². The fourth-order valence-corrected chi connectivity index (χ4v) is 6.10. The number of nitrogens with one attached hydrogen (secondary N) is 2. The zero-order valence-corrected chi connectivity index (χ0v) is 36.4. The molecule has 2 atom stereocenters. The van der Waals surface area contributed by atoms with Crippen LogP contribution >= 0.6 is 36.7 Å². The molecule has 2 aromatic carbocycles. The number of hydrogen-bond acceptors (Lipinski definition) is 13. The smallest absolute Gasteiger partial charge is 0.335 e. The van der Waals surface area contributed by atoms with Crippen LogP contribution in [0.2, 0.25) is 10.0 Å². The van der Waals surface area contributed by atoms with Crippen molar-refractivity contribution < 1.29 is 14.7 Å². The maximum atomic E-state index is 12.4. The number of nitrogens with zero attached hydrogens (tertiary/aromatic N) is 10. The van der Waals surface area contributed by atoms with Gasteiger partial charge in [-0.25, -0.2) is 24.7 Å². The summed E-state index contributed by atoms with van der Waals surface area (Å²) in [5.41, 5.74) is 10.1. The van der Waals surface area contributed by atoms with E-state index < -0.39 is 5.97 Å². The zero-order valence-electron chi connectivity index (χ0n) is 33.9. The molecule has 0 amide bonds. The van der Waals surface area contributed by atoms with Crippen LogP contribution in [0.1, 0.15) is 99.0 Å². The molecule has 5 N–H and O–H groups in total. The van der Waals surface area contributed by atoms with Crippen LogP contribution in [-0.4, -0.2) is 62.4 Å². The predicted octanol–water partition coefficient (Wildman–Crippen LogP) is 9.96. The number of nitrogens with two attached hydrogens (primary N) is 1. The lowest BCUT2D eigenvalue weighted by Gasteiger charge is -2.09. The first-order valence-electron chi connectivity index (χ1n) is 19.7. The average molecular weight is 911 g/mol. The number of aromatic nitrogens is 8. The summed E-state index contributed by atoms with van der Waals surface area (Å²) in [5.74, 6) is -0.456. The number of carboxylic acid groups (broad SMARTS) is 1. The monoisotopic (exact) mass is 909 g/mol. The van der Waals surface area contributed by atoms with Crippen molar-refractivity contribution in [2.75, 3.05) is 10.6 Å². The van der Waals surface area contributed by atoms with Crippen molar-refractivity contribution in [2.45, 2.75) is 84.3 Å². The quantitative estimate of drug-likeness (QED) is 0.0744. The van der Waals surface area contributed by atoms with Gasteiger partial charge < -0.3 is 21.5 Å². The molecule has 0 spiro atoms. The SMILES string of the molecule is C.CC[C@@H](C#N)CC(=O)c1ccc(-c2nc(Nc3cnn(C4CC4)c3)ncc2Cl)cc1.CC[C@H](N)C#N.O=C(O)c1ccc(-c2nc(Nc3cnn(C4CC4)c3)ncc2Cl)cc1.S. The van der Waals surface area contributed by atoms with Crippen molar-refractivity contribution in [3.8, 4) is 34.7 Å². The highest BCUT2D eigenvalue weighted by atomic mass is 35.5. The third-order valence-electron chi connectivity index (χ3n) is 9.64. The van der Waals surface area contributed by atoms with Gasteiger partial charge in [0.1, 0.15) is 0 Å². The molecular weight excluding hydrogens is 862 g/mol. The lowest BCUT2D eigenvalue weighted by atomic mass is 9.96. The fraction of sp³-hybridized carbons (Fsp3) is 0.318. The predicted molar refractivity (Wildman–Crippen MR) is 249 cm³/mol.